The van der Waals surface area contributed by atoms with E-state index < -0.39 is 11.4 Å². The molecule has 1 aliphatic heterocycles. The van der Waals surface area contributed by atoms with Gasteiger partial charge in [0.25, 0.3) is 0 Å². The molecule has 2 atom stereocenters. The van der Waals surface area contributed by atoms with Crippen molar-refractivity contribution in [1.29, 1.82) is 0 Å². The highest BCUT2D eigenvalue weighted by Gasteiger charge is 2.55. The maximum absolute atomic E-state index is 11.6. The molecule has 1 aromatic heterocycles. The number of rotatable bonds is 2. The standard InChI is InChI=1S/C14H18N2O2/c1-10-4-6-15-12(7-10)16-8-11-3-2-5-14(11,9-16)13(17)18/h4,6-7,11H,2-3,5,8-9H2,1H3,(H,17,18)/t11-,14+/m0/s1. The topological polar surface area (TPSA) is 53.4 Å². The predicted octanol–water partition coefficient (Wildman–Crippen LogP) is 2.08. The molecule has 1 saturated carbocycles. The first-order chi connectivity index (χ1) is 8.62. The SMILES string of the molecule is Cc1ccnc(N2C[C@@H]3CCC[C@@]3(C(=O)O)C2)c1. The van der Waals surface area contributed by atoms with Crippen molar-refractivity contribution in [2.45, 2.75) is 26.2 Å². The van der Waals surface area contributed by atoms with E-state index in [1.807, 2.05) is 19.1 Å². The number of hydrogen-bond donors (Lipinski definition) is 1. The number of carbonyl (C=O) groups is 1. The average molecular weight is 246 g/mol. The number of aromatic nitrogens is 1. The Morgan fingerprint density at radius 3 is 3.11 bits per heavy atom. The summed E-state index contributed by atoms with van der Waals surface area (Å²) in [5, 5.41) is 9.55. The number of aryl methyl sites for hydroxylation is 1. The Kier molecular flexibility index (Phi) is 2.54. The lowest BCUT2D eigenvalue weighted by Gasteiger charge is -2.23. The first-order valence-electron chi connectivity index (χ1n) is 6.53. The van der Waals surface area contributed by atoms with Gasteiger partial charge in [-0.25, -0.2) is 4.98 Å². The highest BCUT2D eigenvalue weighted by molar-refractivity contribution is 5.77. The van der Waals surface area contributed by atoms with Crippen LogP contribution in [0, 0.1) is 18.3 Å². The van der Waals surface area contributed by atoms with Gasteiger partial charge in [-0.05, 0) is 43.4 Å². The second kappa shape index (κ2) is 3.97. The molecule has 4 heteroatoms. The summed E-state index contributed by atoms with van der Waals surface area (Å²) in [6, 6.07) is 4.00. The van der Waals surface area contributed by atoms with Crippen molar-refractivity contribution in [3.63, 3.8) is 0 Å². The summed E-state index contributed by atoms with van der Waals surface area (Å²) in [7, 11) is 0. The van der Waals surface area contributed by atoms with Crippen LogP contribution in [0.5, 0.6) is 0 Å². The molecular weight excluding hydrogens is 228 g/mol. The van der Waals surface area contributed by atoms with E-state index in [2.05, 4.69) is 9.88 Å². The highest BCUT2D eigenvalue weighted by Crippen LogP contribution is 2.49. The molecule has 18 heavy (non-hydrogen) atoms. The highest BCUT2D eigenvalue weighted by atomic mass is 16.4. The summed E-state index contributed by atoms with van der Waals surface area (Å²) in [6.07, 6.45) is 4.70. The lowest BCUT2D eigenvalue weighted by Crippen LogP contribution is -2.35. The molecule has 0 aromatic carbocycles. The molecule has 1 aromatic rings. The van der Waals surface area contributed by atoms with Crippen LogP contribution in [-0.2, 0) is 4.79 Å². The van der Waals surface area contributed by atoms with Gasteiger partial charge in [0.15, 0.2) is 0 Å². The van der Waals surface area contributed by atoms with Gasteiger partial charge in [0.05, 0.1) is 5.41 Å². The first kappa shape index (κ1) is 11.5. The van der Waals surface area contributed by atoms with Gasteiger partial charge in [0, 0.05) is 19.3 Å². The Bertz CT molecular complexity index is 488. The summed E-state index contributed by atoms with van der Waals surface area (Å²) in [4.78, 5) is 18.1. The number of carboxylic acids is 1. The smallest absolute Gasteiger partial charge is 0.311 e. The van der Waals surface area contributed by atoms with Crippen LogP contribution in [0.1, 0.15) is 24.8 Å². The van der Waals surface area contributed by atoms with E-state index in [0.717, 1.165) is 31.6 Å². The maximum Gasteiger partial charge on any atom is 0.311 e. The fourth-order valence-corrected chi connectivity index (χ4v) is 3.51. The molecule has 2 aliphatic rings. The monoisotopic (exact) mass is 246 g/mol. The number of hydrogen-bond acceptors (Lipinski definition) is 3. The number of aliphatic carboxylic acids is 1. The van der Waals surface area contributed by atoms with Gasteiger partial charge < -0.3 is 10.0 Å². The van der Waals surface area contributed by atoms with Crippen LogP contribution in [0.25, 0.3) is 0 Å². The number of pyridine rings is 1. The second-order valence-electron chi connectivity index (χ2n) is 5.62. The zero-order valence-electron chi connectivity index (χ0n) is 10.6. The van der Waals surface area contributed by atoms with E-state index in [1.165, 1.54) is 5.56 Å². The zero-order chi connectivity index (χ0) is 12.8. The number of fused-ring (bicyclic) bond motifs is 1. The van der Waals surface area contributed by atoms with Crippen LogP contribution in [0.3, 0.4) is 0 Å². The van der Waals surface area contributed by atoms with Crippen molar-refractivity contribution in [2.75, 3.05) is 18.0 Å². The molecule has 0 bridgehead atoms. The number of carboxylic acid groups (broad SMARTS) is 1. The normalized spacial score (nSPS) is 30.5. The molecule has 0 amide bonds. The van der Waals surface area contributed by atoms with Gasteiger partial charge in [-0.3, -0.25) is 4.79 Å². The van der Waals surface area contributed by atoms with Crippen LogP contribution < -0.4 is 4.90 Å². The Morgan fingerprint density at radius 2 is 2.44 bits per heavy atom. The maximum atomic E-state index is 11.6. The van der Waals surface area contributed by atoms with Gasteiger partial charge in [-0.2, -0.15) is 0 Å². The van der Waals surface area contributed by atoms with E-state index >= 15 is 0 Å². The lowest BCUT2D eigenvalue weighted by molar-refractivity contribution is -0.149. The third-order valence-corrected chi connectivity index (χ3v) is 4.52. The van der Waals surface area contributed by atoms with E-state index in [1.54, 1.807) is 6.20 Å². The van der Waals surface area contributed by atoms with Crippen molar-refractivity contribution in [3.8, 4) is 0 Å². The Labute approximate surface area is 107 Å². The molecular formula is C14H18N2O2. The molecule has 96 valence electrons. The van der Waals surface area contributed by atoms with Crippen molar-refractivity contribution in [2.24, 2.45) is 11.3 Å². The van der Waals surface area contributed by atoms with Gasteiger partial charge >= 0.3 is 5.97 Å². The minimum Gasteiger partial charge on any atom is -0.481 e. The van der Waals surface area contributed by atoms with Crippen molar-refractivity contribution >= 4 is 11.8 Å². The molecule has 1 N–H and O–H groups in total. The Hall–Kier alpha value is -1.58. The van der Waals surface area contributed by atoms with Gasteiger partial charge in [-0.1, -0.05) is 6.42 Å². The summed E-state index contributed by atoms with van der Waals surface area (Å²) < 4.78 is 0. The number of anilines is 1. The molecule has 0 radical (unpaired) electrons. The van der Waals surface area contributed by atoms with Crippen molar-refractivity contribution in [1.82, 2.24) is 4.98 Å². The summed E-state index contributed by atoms with van der Waals surface area (Å²) in [6.45, 7) is 3.49. The average Bonchev–Trinajstić information content (AvgIpc) is 2.85. The van der Waals surface area contributed by atoms with Crippen LogP contribution in [0.2, 0.25) is 0 Å². The fourth-order valence-electron chi connectivity index (χ4n) is 3.51. The molecule has 4 nitrogen and oxygen atoms in total. The van der Waals surface area contributed by atoms with Crippen molar-refractivity contribution < 1.29 is 9.90 Å². The molecule has 0 unspecified atom stereocenters. The van der Waals surface area contributed by atoms with Crippen molar-refractivity contribution in [3.05, 3.63) is 23.9 Å². The van der Waals surface area contributed by atoms with Gasteiger partial charge in [-0.15, -0.1) is 0 Å². The minimum atomic E-state index is -0.625. The first-order valence-corrected chi connectivity index (χ1v) is 6.53. The molecule has 3 rings (SSSR count). The molecule has 1 aliphatic carbocycles. The van der Waals surface area contributed by atoms with E-state index in [9.17, 15) is 9.90 Å². The summed E-state index contributed by atoms with van der Waals surface area (Å²) in [5.41, 5.74) is 0.646. The Morgan fingerprint density at radius 1 is 1.61 bits per heavy atom. The van der Waals surface area contributed by atoms with E-state index in [0.29, 0.717) is 6.54 Å². The molecule has 2 fully saturated rings. The van der Waals surface area contributed by atoms with Crippen LogP contribution >= 0.6 is 0 Å². The third kappa shape index (κ3) is 1.59. The minimum absolute atomic E-state index is 0.289. The Balaban J connectivity index is 1.89. The predicted molar refractivity (Wildman–Crippen MR) is 68.6 cm³/mol. The second-order valence-corrected chi connectivity index (χ2v) is 5.62. The number of nitrogens with zero attached hydrogens (tertiary/aromatic N) is 2. The van der Waals surface area contributed by atoms with Crippen LogP contribution in [0.4, 0.5) is 5.82 Å². The molecule has 1 saturated heterocycles. The van der Waals surface area contributed by atoms with Crippen LogP contribution in [0.15, 0.2) is 18.3 Å². The van der Waals surface area contributed by atoms with Gasteiger partial charge in [0.2, 0.25) is 0 Å². The summed E-state index contributed by atoms with van der Waals surface area (Å²) in [5.74, 6) is 0.586. The largest absolute Gasteiger partial charge is 0.481 e. The van der Waals surface area contributed by atoms with E-state index in [4.69, 9.17) is 0 Å². The van der Waals surface area contributed by atoms with Crippen LogP contribution in [-0.4, -0.2) is 29.1 Å². The van der Waals surface area contributed by atoms with Gasteiger partial charge in [0.1, 0.15) is 5.82 Å². The molecule has 0 spiro atoms. The molecule has 2 heterocycles. The lowest BCUT2D eigenvalue weighted by atomic mass is 9.81. The zero-order valence-corrected chi connectivity index (χ0v) is 10.6. The third-order valence-electron chi connectivity index (χ3n) is 4.52. The summed E-state index contributed by atoms with van der Waals surface area (Å²) >= 11 is 0. The van der Waals surface area contributed by atoms with E-state index in [-0.39, 0.29) is 5.92 Å². The fraction of sp³-hybridized carbons (Fsp3) is 0.571. The quantitative estimate of drug-likeness (QED) is 0.868.